The molecule has 0 fully saturated rings. The van der Waals surface area contributed by atoms with Crippen molar-refractivity contribution in [1.82, 2.24) is 14.8 Å². The lowest BCUT2D eigenvalue weighted by Gasteiger charge is -2.30. The lowest BCUT2D eigenvalue weighted by Crippen LogP contribution is -2.46. The van der Waals surface area contributed by atoms with Gasteiger partial charge in [-0.1, -0.05) is 13.8 Å². The number of likely N-dealkylation sites (N-methyl/N-ethyl adjacent to an activating group) is 1. The molecule has 102 valence electrons. The van der Waals surface area contributed by atoms with Gasteiger partial charge in [0.1, 0.15) is 0 Å². The average Bonchev–Trinajstić information content (AvgIpc) is 2.78. The molecule has 0 radical (unpaired) electrons. The van der Waals surface area contributed by atoms with Crippen molar-refractivity contribution in [2.45, 2.75) is 46.8 Å². The van der Waals surface area contributed by atoms with E-state index in [0.29, 0.717) is 0 Å². The van der Waals surface area contributed by atoms with Gasteiger partial charge in [-0.2, -0.15) is 0 Å². The first-order valence-electron chi connectivity index (χ1n) is 6.73. The lowest BCUT2D eigenvalue weighted by molar-refractivity contribution is -0.134. The number of carbonyl (C=O) groups excluding carboxylic acids is 1. The highest BCUT2D eigenvalue weighted by molar-refractivity contribution is 5.81. The van der Waals surface area contributed by atoms with Crippen molar-refractivity contribution >= 4 is 5.91 Å². The molecule has 0 bridgehead atoms. The van der Waals surface area contributed by atoms with E-state index < -0.39 is 0 Å². The molecule has 1 atom stereocenters. The zero-order chi connectivity index (χ0) is 13.7. The Morgan fingerprint density at radius 3 is 2.67 bits per heavy atom. The maximum Gasteiger partial charge on any atom is 0.239 e. The Morgan fingerprint density at radius 1 is 1.39 bits per heavy atom. The van der Waals surface area contributed by atoms with Gasteiger partial charge in [0, 0.05) is 25.0 Å². The maximum absolute atomic E-state index is 12.0. The Kier molecular flexibility index (Phi) is 5.41. The molecule has 1 aromatic rings. The van der Waals surface area contributed by atoms with Crippen LogP contribution in [-0.4, -0.2) is 35.0 Å². The molecule has 4 nitrogen and oxygen atoms in total. The number of hydrogen-bond acceptors (Lipinski definition) is 2. The summed E-state index contributed by atoms with van der Waals surface area (Å²) >= 11 is 0. The van der Waals surface area contributed by atoms with E-state index in [1.807, 2.05) is 32.7 Å². The second-order valence-electron chi connectivity index (χ2n) is 4.47. The Labute approximate surface area is 110 Å². The van der Waals surface area contributed by atoms with Gasteiger partial charge >= 0.3 is 0 Å². The number of fused-ring (bicyclic) bond motifs is 1. The number of nitrogens with one attached hydrogen (secondary N) is 1. The molecule has 0 aliphatic carbocycles. The standard InChI is InChI=1S/C12H19N3O.C2H6/c1-9-6-11-8-15(5-4-14(11)7-9)12(16)10(2)13-3;1-2/h6-7,10,13H,4-5,8H2,1-3H3;1-2H3/t10-;/m0./s1. The van der Waals surface area contributed by atoms with Gasteiger partial charge in [0.25, 0.3) is 0 Å². The summed E-state index contributed by atoms with van der Waals surface area (Å²) in [5, 5.41) is 2.99. The van der Waals surface area contributed by atoms with E-state index in [9.17, 15) is 4.79 Å². The number of hydrogen-bond donors (Lipinski definition) is 1. The van der Waals surface area contributed by atoms with Gasteiger partial charge in [-0.25, -0.2) is 0 Å². The number of aryl methyl sites for hydroxylation is 1. The van der Waals surface area contributed by atoms with Crippen LogP contribution in [0, 0.1) is 6.92 Å². The fourth-order valence-electron chi connectivity index (χ4n) is 2.14. The summed E-state index contributed by atoms with van der Waals surface area (Å²) in [6, 6.07) is 2.06. The van der Waals surface area contributed by atoms with Gasteiger partial charge in [-0.3, -0.25) is 4.79 Å². The van der Waals surface area contributed by atoms with E-state index in [0.717, 1.165) is 19.6 Å². The zero-order valence-corrected chi connectivity index (χ0v) is 12.2. The third-order valence-corrected chi connectivity index (χ3v) is 3.20. The summed E-state index contributed by atoms with van der Waals surface area (Å²) in [6.45, 7) is 10.4. The fraction of sp³-hybridized carbons (Fsp3) is 0.643. The highest BCUT2D eigenvalue weighted by Gasteiger charge is 2.23. The first kappa shape index (κ1) is 14.8. The van der Waals surface area contributed by atoms with Gasteiger partial charge in [0.15, 0.2) is 0 Å². The van der Waals surface area contributed by atoms with E-state index in [1.54, 1.807) is 0 Å². The van der Waals surface area contributed by atoms with Crippen molar-refractivity contribution in [3.8, 4) is 0 Å². The smallest absolute Gasteiger partial charge is 0.239 e. The molecule has 4 heteroatoms. The van der Waals surface area contributed by atoms with Crippen LogP contribution in [-0.2, 0) is 17.9 Å². The molecule has 1 amide bonds. The number of aromatic nitrogens is 1. The Balaban J connectivity index is 0.000000771. The van der Waals surface area contributed by atoms with Crippen LogP contribution in [0.1, 0.15) is 32.0 Å². The third kappa shape index (κ3) is 3.13. The summed E-state index contributed by atoms with van der Waals surface area (Å²) < 4.78 is 2.24. The van der Waals surface area contributed by atoms with Crippen LogP contribution < -0.4 is 5.32 Å². The Morgan fingerprint density at radius 2 is 2.06 bits per heavy atom. The zero-order valence-electron chi connectivity index (χ0n) is 12.2. The van der Waals surface area contributed by atoms with Crippen LogP contribution in [0.2, 0.25) is 0 Å². The fourth-order valence-corrected chi connectivity index (χ4v) is 2.14. The number of nitrogens with zero attached hydrogens (tertiary/aromatic N) is 2. The van der Waals surface area contributed by atoms with Crippen molar-refractivity contribution in [3.05, 3.63) is 23.5 Å². The molecule has 1 N–H and O–H groups in total. The van der Waals surface area contributed by atoms with Gasteiger partial charge < -0.3 is 14.8 Å². The summed E-state index contributed by atoms with van der Waals surface area (Å²) in [6.07, 6.45) is 2.15. The largest absolute Gasteiger partial charge is 0.348 e. The first-order chi connectivity index (χ1) is 8.61. The quantitative estimate of drug-likeness (QED) is 0.870. The molecule has 0 saturated heterocycles. The van der Waals surface area contributed by atoms with E-state index in [1.165, 1.54) is 11.3 Å². The number of carbonyl (C=O) groups is 1. The van der Waals surface area contributed by atoms with Gasteiger partial charge in [0.05, 0.1) is 12.6 Å². The number of rotatable bonds is 2. The van der Waals surface area contributed by atoms with Crippen molar-refractivity contribution in [1.29, 1.82) is 0 Å². The van der Waals surface area contributed by atoms with Crippen LogP contribution in [0.25, 0.3) is 0 Å². The molecule has 2 rings (SSSR count). The summed E-state index contributed by atoms with van der Waals surface area (Å²) in [5.74, 6) is 0.188. The van der Waals surface area contributed by atoms with E-state index in [4.69, 9.17) is 0 Å². The van der Waals surface area contributed by atoms with Crippen LogP contribution in [0.3, 0.4) is 0 Å². The summed E-state index contributed by atoms with van der Waals surface area (Å²) in [4.78, 5) is 13.9. The minimum Gasteiger partial charge on any atom is -0.348 e. The molecular formula is C14H25N3O. The van der Waals surface area contributed by atoms with Crippen LogP contribution in [0.4, 0.5) is 0 Å². The summed E-state index contributed by atoms with van der Waals surface area (Å²) in [5.41, 5.74) is 2.51. The Bertz CT molecular complexity index is 398. The van der Waals surface area contributed by atoms with Crippen molar-refractivity contribution in [2.24, 2.45) is 0 Å². The molecule has 18 heavy (non-hydrogen) atoms. The Hall–Kier alpha value is -1.29. The van der Waals surface area contributed by atoms with Crippen LogP contribution >= 0.6 is 0 Å². The molecule has 2 heterocycles. The predicted octanol–water partition coefficient (Wildman–Crippen LogP) is 1.77. The highest BCUT2D eigenvalue weighted by Crippen LogP contribution is 2.16. The minimum absolute atomic E-state index is 0.0948. The van der Waals surface area contributed by atoms with Crippen molar-refractivity contribution in [2.75, 3.05) is 13.6 Å². The minimum atomic E-state index is -0.0948. The lowest BCUT2D eigenvalue weighted by atomic mass is 10.2. The van der Waals surface area contributed by atoms with Crippen molar-refractivity contribution < 1.29 is 4.79 Å². The first-order valence-corrected chi connectivity index (χ1v) is 6.73. The number of amides is 1. The second kappa shape index (κ2) is 6.59. The van der Waals surface area contributed by atoms with Gasteiger partial charge in [0.2, 0.25) is 5.91 Å². The molecule has 1 aliphatic heterocycles. The molecule has 0 spiro atoms. The third-order valence-electron chi connectivity index (χ3n) is 3.20. The monoisotopic (exact) mass is 251 g/mol. The average molecular weight is 251 g/mol. The molecule has 0 saturated carbocycles. The molecule has 1 aliphatic rings. The SMILES string of the molecule is CC.CN[C@@H](C)C(=O)N1CCn2cc(C)cc2C1. The summed E-state index contributed by atoms with van der Waals surface area (Å²) in [7, 11) is 1.82. The van der Waals surface area contributed by atoms with Gasteiger partial charge in [-0.15, -0.1) is 0 Å². The molecule has 0 aromatic carbocycles. The topological polar surface area (TPSA) is 37.3 Å². The van der Waals surface area contributed by atoms with E-state index in [2.05, 4.69) is 29.1 Å². The van der Waals surface area contributed by atoms with E-state index in [-0.39, 0.29) is 11.9 Å². The van der Waals surface area contributed by atoms with Crippen LogP contribution in [0.15, 0.2) is 12.3 Å². The van der Waals surface area contributed by atoms with E-state index >= 15 is 0 Å². The highest BCUT2D eigenvalue weighted by atomic mass is 16.2. The molecule has 1 aromatic heterocycles. The predicted molar refractivity (Wildman–Crippen MR) is 74.5 cm³/mol. The second-order valence-corrected chi connectivity index (χ2v) is 4.47. The molecular weight excluding hydrogens is 226 g/mol. The van der Waals surface area contributed by atoms with Gasteiger partial charge in [-0.05, 0) is 32.5 Å². The van der Waals surface area contributed by atoms with Crippen molar-refractivity contribution in [3.63, 3.8) is 0 Å². The maximum atomic E-state index is 12.0. The molecule has 0 unspecified atom stereocenters. The normalized spacial score (nSPS) is 15.5. The van der Waals surface area contributed by atoms with Crippen LogP contribution in [0.5, 0.6) is 0 Å².